The molecule has 172 valence electrons. The standard InChI is InChI=1S/C25H23ClN6OS/c1-25(2)8-19-23(20(33)9-25)22(21-7-15(12-34-21)11-31-14-29-13-30-31)18(10-27)24(28)32(19)17-5-3-16(26)4-6-17/h3-7,12-14,22H,8-9,11,28H2,1-2H3/t22-/m0/s1. The Labute approximate surface area is 206 Å². The van der Waals surface area contributed by atoms with E-state index < -0.39 is 5.92 Å². The maximum Gasteiger partial charge on any atom is 0.162 e. The average Bonchev–Trinajstić information content (AvgIpc) is 3.46. The molecule has 5 rings (SSSR count). The maximum atomic E-state index is 13.6. The molecule has 1 aromatic carbocycles. The van der Waals surface area contributed by atoms with E-state index in [0.29, 0.717) is 41.4 Å². The molecule has 0 amide bonds. The van der Waals surface area contributed by atoms with Gasteiger partial charge in [0.1, 0.15) is 18.5 Å². The summed E-state index contributed by atoms with van der Waals surface area (Å²) in [6, 6.07) is 11.7. The summed E-state index contributed by atoms with van der Waals surface area (Å²) in [5, 5.41) is 17.0. The van der Waals surface area contributed by atoms with Gasteiger partial charge < -0.3 is 5.73 Å². The van der Waals surface area contributed by atoms with Gasteiger partial charge in [0.25, 0.3) is 0 Å². The van der Waals surface area contributed by atoms with Gasteiger partial charge in [-0.3, -0.25) is 9.69 Å². The van der Waals surface area contributed by atoms with Crippen LogP contribution >= 0.6 is 22.9 Å². The van der Waals surface area contributed by atoms with E-state index in [9.17, 15) is 10.1 Å². The molecular formula is C25H23ClN6OS. The average molecular weight is 491 g/mol. The lowest BCUT2D eigenvalue weighted by Crippen LogP contribution is -2.42. The predicted molar refractivity (Wildman–Crippen MR) is 132 cm³/mol. The first-order chi connectivity index (χ1) is 16.3. The summed E-state index contributed by atoms with van der Waals surface area (Å²) in [7, 11) is 0. The Hall–Kier alpha value is -3.41. The number of aromatic nitrogens is 3. The van der Waals surface area contributed by atoms with Crippen molar-refractivity contribution < 1.29 is 4.79 Å². The van der Waals surface area contributed by atoms with E-state index in [1.807, 2.05) is 28.5 Å². The van der Waals surface area contributed by atoms with Crippen LogP contribution in [0.15, 0.2) is 71.0 Å². The summed E-state index contributed by atoms with van der Waals surface area (Å²) in [6.45, 7) is 4.74. The minimum absolute atomic E-state index is 0.0571. The molecule has 0 saturated heterocycles. The fraction of sp³-hybridized carbons (Fsp3) is 0.280. The number of carbonyl (C=O) groups is 1. The van der Waals surface area contributed by atoms with E-state index in [2.05, 4.69) is 30.0 Å². The Morgan fingerprint density at radius 2 is 2.06 bits per heavy atom. The molecule has 3 heterocycles. The molecular weight excluding hydrogens is 468 g/mol. The Morgan fingerprint density at radius 1 is 1.29 bits per heavy atom. The fourth-order valence-electron chi connectivity index (χ4n) is 4.81. The van der Waals surface area contributed by atoms with Crippen LogP contribution in [0.25, 0.3) is 0 Å². The molecule has 2 N–H and O–H groups in total. The van der Waals surface area contributed by atoms with Gasteiger partial charge in [-0.15, -0.1) is 11.3 Å². The third kappa shape index (κ3) is 3.91. The smallest absolute Gasteiger partial charge is 0.162 e. The van der Waals surface area contributed by atoms with Crippen molar-refractivity contribution >= 4 is 34.4 Å². The van der Waals surface area contributed by atoms with E-state index in [-0.39, 0.29) is 11.2 Å². The van der Waals surface area contributed by atoms with Gasteiger partial charge in [0.05, 0.1) is 24.1 Å². The molecule has 34 heavy (non-hydrogen) atoms. The normalized spacial score (nSPS) is 19.9. The number of halogens is 1. The van der Waals surface area contributed by atoms with Crippen molar-refractivity contribution in [3.8, 4) is 6.07 Å². The molecule has 1 atom stereocenters. The molecule has 2 aromatic heterocycles. The highest BCUT2D eigenvalue weighted by Gasteiger charge is 2.45. The van der Waals surface area contributed by atoms with Crippen molar-refractivity contribution in [3.05, 3.63) is 86.5 Å². The van der Waals surface area contributed by atoms with Crippen molar-refractivity contribution in [2.45, 2.75) is 39.2 Å². The summed E-state index contributed by atoms with van der Waals surface area (Å²) < 4.78 is 1.74. The molecule has 1 aliphatic carbocycles. The van der Waals surface area contributed by atoms with E-state index in [1.165, 1.54) is 17.7 Å². The lowest BCUT2D eigenvalue weighted by atomic mass is 9.69. The second-order valence-electron chi connectivity index (χ2n) is 9.41. The summed E-state index contributed by atoms with van der Waals surface area (Å²) in [4.78, 5) is 20.4. The Bertz CT molecular complexity index is 1360. The summed E-state index contributed by atoms with van der Waals surface area (Å²) in [5.41, 5.74) is 10.2. The van der Waals surface area contributed by atoms with Gasteiger partial charge in [-0.1, -0.05) is 25.4 Å². The molecule has 0 fully saturated rings. The maximum absolute atomic E-state index is 13.6. The Balaban J connectivity index is 1.66. The first-order valence-corrected chi connectivity index (χ1v) is 12.1. The van der Waals surface area contributed by atoms with Crippen LogP contribution in [-0.2, 0) is 11.3 Å². The number of hydrogen-bond acceptors (Lipinski definition) is 7. The number of Topliss-reactive ketones (excluding diaryl/α,β-unsaturated/α-hetero) is 1. The number of hydrogen-bond donors (Lipinski definition) is 1. The van der Waals surface area contributed by atoms with Gasteiger partial charge in [-0.2, -0.15) is 10.4 Å². The van der Waals surface area contributed by atoms with Crippen molar-refractivity contribution in [3.63, 3.8) is 0 Å². The van der Waals surface area contributed by atoms with Crippen LogP contribution in [0.2, 0.25) is 5.02 Å². The number of nitriles is 1. The Kier molecular flexibility index (Phi) is 5.54. The van der Waals surface area contributed by atoms with Gasteiger partial charge in [-0.25, -0.2) is 9.67 Å². The van der Waals surface area contributed by atoms with Gasteiger partial charge in [0.2, 0.25) is 0 Å². The highest BCUT2D eigenvalue weighted by molar-refractivity contribution is 7.10. The van der Waals surface area contributed by atoms with Gasteiger partial charge in [0.15, 0.2) is 5.78 Å². The minimum Gasteiger partial charge on any atom is -0.384 e. The SMILES string of the molecule is CC1(C)CC(=O)C2=C(C1)N(c1ccc(Cl)cc1)C(N)=C(C#N)[C@H]2c1cc(Cn2cncn2)cs1. The highest BCUT2D eigenvalue weighted by atomic mass is 35.5. The third-order valence-corrected chi connectivity index (χ3v) is 7.53. The molecule has 2 aliphatic rings. The van der Waals surface area contributed by atoms with Crippen LogP contribution < -0.4 is 10.6 Å². The highest BCUT2D eigenvalue weighted by Crippen LogP contribution is 2.51. The van der Waals surface area contributed by atoms with E-state index in [0.717, 1.165) is 21.8 Å². The lowest BCUT2D eigenvalue weighted by molar-refractivity contribution is -0.118. The predicted octanol–water partition coefficient (Wildman–Crippen LogP) is 4.98. The summed E-state index contributed by atoms with van der Waals surface area (Å²) in [6.07, 6.45) is 4.25. The van der Waals surface area contributed by atoms with Crippen LogP contribution in [0, 0.1) is 16.7 Å². The molecule has 0 saturated carbocycles. The van der Waals surface area contributed by atoms with Crippen LogP contribution in [0.3, 0.4) is 0 Å². The number of thiophene rings is 1. The van der Waals surface area contributed by atoms with Gasteiger partial charge >= 0.3 is 0 Å². The zero-order valence-electron chi connectivity index (χ0n) is 18.8. The van der Waals surface area contributed by atoms with Crippen molar-refractivity contribution in [1.82, 2.24) is 14.8 Å². The minimum atomic E-state index is -0.485. The molecule has 0 bridgehead atoms. The number of ketones is 1. The first kappa shape index (κ1) is 22.4. The first-order valence-electron chi connectivity index (χ1n) is 10.9. The molecule has 9 heteroatoms. The Morgan fingerprint density at radius 3 is 2.74 bits per heavy atom. The third-order valence-electron chi connectivity index (χ3n) is 6.24. The lowest BCUT2D eigenvalue weighted by Gasteiger charge is -2.43. The monoisotopic (exact) mass is 490 g/mol. The number of rotatable bonds is 4. The zero-order valence-corrected chi connectivity index (χ0v) is 20.4. The largest absolute Gasteiger partial charge is 0.384 e. The molecule has 0 unspecified atom stereocenters. The fourth-order valence-corrected chi connectivity index (χ4v) is 5.96. The molecule has 0 spiro atoms. The van der Waals surface area contributed by atoms with Gasteiger partial charge in [-0.05, 0) is 53.1 Å². The number of nitrogens with two attached hydrogens (primary N) is 1. The summed E-state index contributed by atoms with van der Waals surface area (Å²) >= 11 is 7.65. The number of nitrogens with zero attached hydrogens (tertiary/aromatic N) is 5. The van der Waals surface area contributed by atoms with E-state index >= 15 is 0 Å². The van der Waals surface area contributed by atoms with E-state index in [1.54, 1.807) is 23.1 Å². The topological polar surface area (TPSA) is 101 Å². The van der Waals surface area contributed by atoms with E-state index in [4.69, 9.17) is 17.3 Å². The second-order valence-corrected chi connectivity index (χ2v) is 10.8. The number of benzene rings is 1. The van der Waals surface area contributed by atoms with Crippen LogP contribution in [0.5, 0.6) is 0 Å². The molecule has 7 nitrogen and oxygen atoms in total. The van der Waals surface area contributed by atoms with Crippen molar-refractivity contribution in [2.24, 2.45) is 11.1 Å². The van der Waals surface area contributed by atoms with Crippen LogP contribution in [0.1, 0.15) is 43.0 Å². The second kappa shape index (κ2) is 8.42. The molecule has 1 aliphatic heterocycles. The van der Waals surface area contributed by atoms with Crippen molar-refractivity contribution in [1.29, 1.82) is 5.26 Å². The summed E-state index contributed by atoms with van der Waals surface area (Å²) in [5.74, 6) is -0.0753. The molecule has 3 aromatic rings. The van der Waals surface area contributed by atoms with Crippen molar-refractivity contribution in [2.75, 3.05) is 4.90 Å². The van der Waals surface area contributed by atoms with Gasteiger partial charge in [0, 0.05) is 33.3 Å². The quantitative estimate of drug-likeness (QED) is 0.553. The zero-order chi connectivity index (χ0) is 24.0. The number of allylic oxidation sites excluding steroid dienone is 3. The van der Waals surface area contributed by atoms with Crippen LogP contribution in [-0.4, -0.2) is 20.5 Å². The van der Waals surface area contributed by atoms with Crippen LogP contribution in [0.4, 0.5) is 5.69 Å². The molecule has 0 radical (unpaired) electrons. The number of anilines is 1. The number of carbonyl (C=O) groups excluding carboxylic acids is 1.